The topological polar surface area (TPSA) is 63.7 Å². The largest absolute Gasteiger partial charge is 0.462 e. The Labute approximate surface area is 198 Å². The van der Waals surface area contributed by atoms with Crippen molar-refractivity contribution in [2.45, 2.75) is 25.7 Å². The lowest BCUT2D eigenvalue weighted by molar-refractivity contribution is -0.122. The lowest BCUT2D eigenvalue weighted by Gasteiger charge is -2.45. The van der Waals surface area contributed by atoms with Crippen molar-refractivity contribution >= 4 is 23.5 Å². The van der Waals surface area contributed by atoms with Crippen LogP contribution in [0.2, 0.25) is 0 Å². The molecule has 1 fully saturated rings. The molecule has 3 aromatic carbocycles. The number of carbonyl (C=O) groups excluding carboxylic acids is 3. The summed E-state index contributed by atoms with van der Waals surface area (Å²) in [6.45, 7) is 4.30. The van der Waals surface area contributed by atoms with E-state index in [1.807, 2.05) is 38.1 Å². The quantitative estimate of drug-likeness (QED) is 0.418. The predicted octanol–water partition coefficient (Wildman–Crippen LogP) is 4.90. The molecule has 1 heterocycles. The highest BCUT2D eigenvalue weighted by atomic mass is 16.5. The third-order valence-electron chi connectivity index (χ3n) is 7.36. The third kappa shape index (κ3) is 2.89. The van der Waals surface area contributed by atoms with Gasteiger partial charge in [0.25, 0.3) is 0 Å². The molecule has 170 valence electrons. The van der Waals surface area contributed by atoms with E-state index in [2.05, 4.69) is 24.3 Å². The molecule has 0 aromatic heterocycles. The number of anilines is 1. The van der Waals surface area contributed by atoms with Crippen molar-refractivity contribution in [1.82, 2.24) is 0 Å². The number of esters is 1. The molecule has 0 N–H and O–H groups in total. The molecule has 0 saturated carbocycles. The SMILES string of the molecule is CC(C)COC(=O)c1ccc(N2C(=O)[C@@H]3C4c5ccccc5C(c5ccccc54)[C@H]3C2=O)cc1. The summed E-state index contributed by atoms with van der Waals surface area (Å²) >= 11 is 0. The summed E-state index contributed by atoms with van der Waals surface area (Å²) in [5.74, 6) is -1.58. The molecule has 7 rings (SSSR count). The van der Waals surface area contributed by atoms with Gasteiger partial charge in [-0.25, -0.2) is 9.69 Å². The van der Waals surface area contributed by atoms with Gasteiger partial charge in [0, 0.05) is 11.8 Å². The van der Waals surface area contributed by atoms with Gasteiger partial charge in [0.05, 0.1) is 29.7 Å². The Balaban J connectivity index is 1.37. The molecule has 1 saturated heterocycles. The van der Waals surface area contributed by atoms with Crippen LogP contribution in [-0.4, -0.2) is 24.4 Å². The molecule has 3 aliphatic carbocycles. The zero-order valence-corrected chi connectivity index (χ0v) is 19.1. The molecular weight excluding hydrogens is 426 g/mol. The highest BCUT2D eigenvalue weighted by Gasteiger charge is 2.61. The highest BCUT2D eigenvalue weighted by Crippen LogP contribution is 2.61. The number of benzene rings is 3. The molecule has 2 amide bonds. The minimum atomic E-state index is -0.419. The zero-order chi connectivity index (χ0) is 23.6. The van der Waals surface area contributed by atoms with Crippen LogP contribution in [0.1, 0.15) is 58.3 Å². The fourth-order valence-corrected chi connectivity index (χ4v) is 6.00. The van der Waals surface area contributed by atoms with Crippen LogP contribution < -0.4 is 4.90 Å². The Hall–Kier alpha value is -3.73. The summed E-state index contributed by atoms with van der Waals surface area (Å²) in [5, 5.41) is 0. The van der Waals surface area contributed by atoms with E-state index in [4.69, 9.17) is 4.74 Å². The van der Waals surface area contributed by atoms with Crippen molar-refractivity contribution in [3.05, 3.63) is 101 Å². The lowest BCUT2D eigenvalue weighted by Crippen LogP contribution is -2.41. The van der Waals surface area contributed by atoms with Crippen LogP contribution in [0, 0.1) is 17.8 Å². The standard InChI is InChI=1S/C29H25NO4/c1-16(2)15-34-29(33)17-11-13-18(14-12-17)30-27(31)25-23-19-7-3-4-8-20(19)24(26(25)28(30)32)22-10-6-5-9-21(22)23/h3-14,16,23-26H,15H2,1-2H3/t23?,24?,25-,26-/m1/s1. The second-order valence-corrected chi connectivity index (χ2v) is 9.82. The summed E-state index contributed by atoms with van der Waals surface area (Å²) in [6, 6.07) is 23.0. The lowest BCUT2D eigenvalue weighted by atomic mass is 9.55. The van der Waals surface area contributed by atoms with Crippen LogP contribution >= 0.6 is 0 Å². The minimum absolute atomic E-state index is 0.130. The van der Waals surface area contributed by atoms with Crippen molar-refractivity contribution in [3.63, 3.8) is 0 Å². The molecule has 1 aliphatic heterocycles. The van der Waals surface area contributed by atoms with Crippen LogP contribution in [0.5, 0.6) is 0 Å². The second-order valence-electron chi connectivity index (χ2n) is 9.82. The molecule has 0 radical (unpaired) electrons. The molecule has 4 aliphatic rings. The van der Waals surface area contributed by atoms with Crippen molar-refractivity contribution in [2.24, 2.45) is 17.8 Å². The first-order chi connectivity index (χ1) is 16.5. The molecule has 2 bridgehead atoms. The third-order valence-corrected chi connectivity index (χ3v) is 7.36. The van der Waals surface area contributed by atoms with Gasteiger partial charge in [0.1, 0.15) is 0 Å². The number of hydrogen-bond donors (Lipinski definition) is 0. The van der Waals surface area contributed by atoms with E-state index in [0.717, 1.165) is 22.3 Å². The van der Waals surface area contributed by atoms with Crippen LogP contribution in [0.25, 0.3) is 0 Å². The Bertz CT molecular complexity index is 1210. The summed E-state index contributed by atoms with van der Waals surface area (Å²) < 4.78 is 5.30. The van der Waals surface area contributed by atoms with Gasteiger partial charge in [-0.15, -0.1) is 0 Å². The summed E-state index contributed by atoms with van der Waals surface area (Å²) in [7, 11) is 0. The number of ether oxygens (including phenoxy) is 1. The number of imide groups is 1. The maximum absolute atomic E-state index is 13.8. The van der Waals surface area contributed by atoms with E-state index in [1.165, 1.54) is 4.90 Å². The summed E-state index contributed by atoms with van der Waals surface area (Å²) in [4.78, 5) is 41.2. The molecule has 2 atom stereocenters. The number of amides is 2. The van der Waals surface area contributed by atoms with Crippen molar-refractivity contribution in [2.75, 3.05) is 11.5 Å². The van der Waals surface area contributed by atoms with Crippen LogP contribution in [0.4, 0.5) is 5.69 Å². The van der Waals surface area contributed by atoms with Gasteiger partial charge in [0.2, 0.25) is 11.8 Å². The number of rotatable bonds is 4. The maximum Gasteiger partial charge on any atom is 0.338 e. The molecular formula is C29H25NO4. The normalized spacial score (nSPS) is 24.1. The van der Waals surface area contributed by atoms with E-state index in [0.29, 0.717) is 17.9 Å². The van der Waals surface area contributed by atoms with E-state index >= 15 is 0 Å². The van der Waals surface area contributed by atoms with Crippen molar-refractivity contribution in [1.29, 1.82) is 0 Å². The molecule has 0 spiro atoms. The maximum atomic E-state index is 13.8. The number of carbonyl (C=O) groups is 3. The van der Waals surface area contributed by atoms with Gasteiger partial charge in [-0.05, 0) is 52.4 Å². The summed E-state index contributed by atoms with van der Waals surface area (Å²) in [5.41, 5.74) is 5.51. The van der Waals surface area contributed by atoms with Gasteiger partial charge in [-0.2, -0.15) is 0 Å². The fraction of sp³-hybridized carbons (Fsp3) is 0.276. The average Bonchev–Trinajstić information content (AvgIpc) is 3.13. The van der Waals surface area contributed by atoms with Gasteiger partial charge in [-0.1, -0.05) is 62.4 Å². The van der Waals surface area contributed by atoms with Gasteiger partial charge >= 0.3 is 5.97 Å². The summed E-state index contributed by atoms with van der Waals surface area (Å²) in [6.07, 6.45) is 0. The van der Waals surface area contributed by atoms with Gasteiger partial charge in [0.15, 0.2) is 0 Å². The average molecular weight is 452 g/mol. The Morgan fingerprint density at radius 1 is 0.765 bits per heavy atom. The van der Waals surface area contributed by atoms with Crippen molar-refractivity contribution in [3.8, 4) is 0 Å². The van der Waals surface area contributed by atoms with Crippen LogP contribution in [-0.2, 0) is 14.3 Å². The first kappa shape index (κ1) is 20.8. The smallest absolute Gasteiger partial charge is 0.338 e. The Morgan fingerprint density at radius 3 is 1.62 bits per heavy atom. The van der Waals surface area contributed by atoms with E-state index in [9.17, 15) is 14.4 Å². The first-order valence-electron chi connectivity index (χ1n) is 11.8. The van der Waals surface area contributed by atoms with Gasteiger partial charge < -0.3 is 4.74 Å². The second kappa shape index (κ2) is 7.66. The molecule has 5 heteroatoms. The van der Waals surface area contributed by atoms with Crippen molar-refractivity contribution < 1.29 is 19.1 Å². The fourth-order valence-electron chi connectivity index (χ4n) is 6.00. The van der Waals surface area contributed by atoms with Crippen LogP contribution in [0.15, 0.2) is 72.8 Å². The predicted molar refractivity (Wildman–Crippen MR) is 128 cm³/mol. The number of nitrogens with zero attached hydrogens (tertiary/aromatic N) is 1. The Kier molecular flexibility index (Phi) is 4.70. The van der Waals surface area contributed by atoms with E-state index in [-0.39, 0.29) is 29.6 Å². The minimum Gasteiger partial charge on any atom is -0.462 e. The number of hydrogen-bond acceptors (Lipinski definition) is 4. The van der Waals surface area contributed by atoms with Gasteiger partial charge in [-0.3, -0.25) is 9.59 Å². The molecule has 5 nitrogen and oxygen atoms in total. The monoisotopic (exact) mass is 451 g/mol. The first-order valence-corrected chi connectivity index (χ1v) is 11.8. The molecule has 34 heavy (non-hydrogen) atoms. The van der Waals surface area contributed by atoms with E-state index in [1.54, 1.807) is 24.3 Å². The Morgan fingerprint density at radius 2 is 1.21 bits per heavy atom. The van der Waals surface area contributed by atoms with E-state index < -0.39 is 17.8 Å². The molecule has 3 aromatic rings. The van der Waals surface area contributed by atoms with Crippen LogP contribution in [0.3, 0.4) is 0 Å². The molecule has 0 unspecified atom stereocenters. The highest BCUT2D eigenvalue weighted by molar-refractivity contribution is 6.23. The zero-order valence-electron chi connectivity index (χ0n) is 19.1.